The smallest absolute Gasteiger partial charge is 0.290 e. The number of carbonyl (C=O) groups is 2. The van der Waals surface area contributed by atoms with Gasteiger partial charge in [0, 0.05) is 24.0 Å². The summed E-state index contributed by atoms with van der Waals surface area (Å²) in [6.07, 6.45) is 7.13. The molecule has 6 nitrogen and oxygen atoms in total. The Labute approximate surface area is 190 Å². The number of aliphatic hydroxyl groups excluding tert-OH is 1. The summed E-state index contributed by atoms with van der Waals surface area (Å²) < 4.78 is 0. The number of hydrogen-bond donors (Lipinski definition) is 1. The quantitative estimate of drug-likeness (QED) is 0.557. The van der Waals surface area contributed by atoms with Crippen LogP contribution in [-0.2, 0) is 4.79 Å². The minimum Gasteiger partial charge on any atom is -0.503 e. The zero-order chi connectivity index (χ0) is 22.2. The van der Waals surface area contributed by atoms with Crippen LogP contribution in [0.25, 0.3) is 10.6 Å². The molecule has 32 heavy (non-hydrogen) atoms. The fourth-order valence-corrected chi connectivity index (χ4v) is 5.74. The topological polar surface area (TPSA) is 83.4 Å². The highest BCUT2D eigenvalue weighted by Crippen LogP contribution is 2.44. The van der Waals surface area contributed by atoms with Gasteiger partial charge in [0.05, 0.1) is 22.2 Å². The van der Waals surface area contributed by atoms with E-state index in [1.807, 2.05) is 36.4 Å². The van der Waals surface area contributed by atoms with Crippen molar-refractivity contribution in [1.82, 2.24) is 14.9 Å². The number of aromatic nitrogens is 2. The first kappa shape index (κ1) is 20.6. The molecule has 3 heterocycles. The van der Waals surface area contributed by atoms with Crippen molar-refractivity contribution in [3.05, 3.63) is 82.3 Å². The molecule has 2 aromatic heterocycles. The molecule has 0 spiro atoms. The van der Waals surface area contributed by atoms with Crippen molar-refractivity contribution < 1.29 is 14.7 Å². The molecule has 1 fully saturated rings. The van der Waals surface area contributed by atoms with E-state index in [2.05, 4.69) is 9.97 Å². The SMILES string of the molecule is Cc1nc(-c2ccccc2)sc1C(=O)C1=C(O)C(=O)N(C2CCCC2)C1c1cccnc1. The molecule has 2 aliphatic rings. The van der Waals surface area contributed by atoms with E-state index in [-0.39, 0.29) is 17.4 Å². The summed E-state index contributed by atoms with van der Waals surface area (Å²) in [5, 5.41) is 11.6. The fraction of sp³-hybridized carbons (Fsp3) is 0.280. The van der Waals surface area contributed by atoms with Gasteiger partial charge in [-0.2, -0.15) is 0 Å². The molecule has 5 rings (SSSR count). The van der Waals surface area contributed by atoms with Crippen LogP contribution in [0.15, 0.2) is 66.2 Å². The molecule has 3 aromatic rings. The maximum atomic E-state index is 13.8. The number of rotatable bonds is 5. The maximum Gasteiger partial charge on any atom is 0.290 e. The molecule has 0 saturated heterocycles. The van der Waals surface area contributed by atoms with Gasteiger partial charge in [-0.05, 0) is 31.4 Å². The molecule has 1 atom stereocenters. The summed E-state index contributed by atoms with van der Waals surface area (Å²) in [7, 11) is 0. The summed E-state index contributed by atoms with van der Waals surface area (Å²) in [6.45, 7) is 1.79. The third kappa shape index (κ3) is 3.42. The first-order valence-electron chi connectivity index (χ1n) is 10.8. The van der Waals surface area contributed by atoms with E-state index in [1.54, 1.807) is 30.3 Å². The van der Waals surface area contributed by atoms with E-state index < -0.39 is 17.7 Å². The van der Waals surface area contributed by atoms with Gasteiger partial charge in [-0.3, -0.25) is 14.6 Å². The molecule has 0 radical (unpaired) electrons. The lowest BCUT2D eigenvalue weighted by Gasteiger charge is -2.31. The van der Waals surface area contributed by atoms with Crippen molar-refractivity contribution in [2.45, 2.75) is 44.7 Å². The maximum absolute atomic E-state index is 13.8. The Morgan fingerprint density at radius 3 is 2.56 bits per heavy atom. The zero-order valence-corrected chi connectivity index (χ0v) is 18.5. The molecule has 1 aromatic carbocycles. The summed E-state index contributed by atoms with van der Waals surface area (Å²) in [4.78, 5) is 37.9. The minimum atomic E-state index is -0.645. The van der Waals surface area contributed by atoms with Gasteiger partial charge in [0.25, 0.3) is 5.91 Å². The number of amides is 1. The van der Waals surface area contributed by atoms with Gasteiger partial charge in [0.2, 0.25) is 5.78 Å². The second-order valence-electron chi connectivity index (χ2n) is 8.23. The number of nitrogens with zero attached hydrogens (tertiary/aromatic N) is 3. The van der Waals surface area contributed by atoms with Crippen molar-refractivity contribution >= 4 is 23.0 Å². The van der Waals surface area contributed by atoms with Gasteiger partial charge in [0.15, 0.2) is 5.76 Å². The van der Waals surface area contributed by atoms with Crippen molar-refractivity contribution in [2.75, 3.05) is 0 Å². The molecule has 1 aliphatic carbocycles. The molecular weight excluding hydrogens is 422 g/mol. The molecule has 162 valence electrons. The number of hydrogen-bond acceptors (Lipinski definition) is 6. The van der Waals surface area contributed by atoms with Gasteiger partial charge in [0.1, 0.15) is 5.01 Å². The number of ketones is 1. The molecule has 7 heteroatoms. The highest BCUT2D eigenvalue weighted by Gasteiger charge is 2.47. The Kier molecular flexibility index (Phi) is 5.35. The van der Waals surface area contributed by atoms with E-state index in [9.17, 15) is 14.7 Å². The highest BCUT2D eigenvalue weighted by atomic mass is 32.1. The predicted molar refractivity (Wildman–Crippen MR) is 122 cm³/mol. The van der Waals surface area contributed by atoms with Gasteiger partial charge >= 0.3 is 0 Å². The lowest BCUT2D eigenvalue weighted by Crippen LogP contribution is -2.38. The van der Waals surface area contributed by atoms with Gasteiger partial charge in [-0.15, -0.1) is 11.3 Å². The van der Waals surface area contributed by atoms with Crippen molar-refractivity contribution in [1.29, 1.82) is 0 Å². The van der Waals surface area contributed by atoms with Crippen LogP contribution in [0, 0.1) is 6.92 Å². The lowest BCUT2D eigenvalue weighted by atomic mass is 9.95. The van der Waals surface area contributed by atoms with Crippen LogP contribution in [0.1, 0.15) is 52.7 Å². The molecule has 1 amide bonds. The molecule has 1 saturated carbocycles. The lowest BCUT2D eigenvalue weighted by molar-refractivity contribution is -0.131. The Bertz CT molecular complexity index is 1200. The fourth-order valence-electron chi connectivity index (χ4n) is 4.71. The standard InChI is InChI=1S/C25H23N3O3S/c1-15-23(32-24(27-15)16-8-3-2-4-9-16)21(29)19-20(17-10-7-13-26-14-17)28(25(31)22(19)30)18-11-5-6-12-18/h2-4,7-10,13-14,18,20,30H,5-6,11-12H2,1H3. The Morgan fingerprint density at radius 2 is 1.88 bits per heavy atom. The summed E-state index contributed by atoms with van der Waals surface area (Å²) in [5.41, 5.74) is 2.37. The first-order chi connectivity index (χ1) is 15.6. The summed E-state index contributed by atoms with van der Waals surface area (Å²) in [5.74, 6) is -1.27. The zero-order valence-electron chi connectivity index (χ0n) is 17.7. The van der Waals surface area contributed by atoms with Crippen LogP contribution in [0.5, 0.6) is 0 Å². The average Bonchev–Trinajstić information content (AvgIpc) is 3.54. The minimum absolute atomic E-state index is 0.00240. The first-order valence-corrected chi connectivity index (χ1v) is 11.6. The van der Waals surface area contributed by atoms with Crippen molar-refractivity contribution in [2.24, 2.45) is 0 Å². The Morgan fingerprint density at radius 1 is 1.12 bits per heavy atom. The monoisotopic (exact) mass is 445 g/mol. The normalized spacial score (nSPS) is 19.2. The van der Waals surface area contributed by atoms with Crippen LogP contribution in [0.2, 0.25) is 0 Å². The van der Waals surface area contributed by atoms with Crippen LogP contribution in [0.4, 0.5) is 0 Å². The number of thiazole rings is 1. The third-order valence-electron chi connectivity index (χ3n) is 6.23. The van der Waals surface area contributed by atoms with Crippen LogP contribution < -0.4 is 0 Å². The number of aliphatic hydroxyl groups is 1. The molecule has 1 unspecified atom stereocenters. The summed E-state index contributed by atoms with van der Waals surface area (Å²) >= 11 is 1.29. The summed E-state index contributed by atoms with van der Waals surface area (Å²) in [6, 6.07) is 12.7. The van der Waals surface area contributed by atoms with E-state index in [0.717, 1.165) is 41.8 Å². The van der Waals surface area contributed by atoms with Crippen molar-refractivity contribution in [3.63, 3.8) is 0 Å². The van der Waals surface area contributed by atoms with Crippen LogP contribution in [-0.4, -0.2) is 37.7 Å². The van der Waals surface area contributed by atoms with Crippen LogP contribution >= 0.6 is 11.3 Å². The van der Waals surface area contributed by atoms with Gasteiger partial charge in [-0.1, -0.05) is 49.2 Å². The average molecular weight is 446 g/mol. The molecule has 1 N–H and O–H groups in total. The van der Waals surface area contributed by atoms with Crippen LogP contribution in [0.3, 0.4) is 0 Å². The molecule has 1 aliphatic heterocycles. The van der Waals surface area contributed by atoms with Gasteiger partial charge in [-0.25, -0.2) is 4.98 Å². The second kappa shape index (κ2) is 8.31. The Hall–Kier alpha value is -3.32. The van der Waals surface area contributed by atoms with E-state index in [4.69, 9.17) is 0 Å². The number of benzene rings is 1. The van der Waals surface area contributed by atoms with Gasteiger partial charge < -0.3 is 10.0 Å². The number of Topliss-reactive ketones (excluding diaryl/α,β-unsaturated/α-hetero) is 1. The van der Waals surface area contributed by atoms with E-state index in [0.29, 0.717) is 10.6 Å². The largest absolute Gasteiger partial charge is 0.503 e. The third-order valence-corrected chi connectivity index (χ3v) is 7.44. The second-order valence-corrected chi connectivity index (χ2v) is 9.23. The molecule has 0 bridgehead atoms. The number of carbonyl (C=O) groups excluding carboxylic acids is 2. The number of pyridine rings is 1. The van der Waals surface area contributed by atoms with E-state index >= 15 is 0 Å². The van der Waals surface area contributed by atoms with Crippen molar-refractivity contribution in [3.8, 4) is 10.6 Å². The highest BCUT2D eigenvalue weighted by molar-refractivity contribution is 7.17. The number of aryl methyl sites for hydroxylation is 1. The Balaban J connectivity index is 1.58. The molecular formula is C25H23N3O3S. The van der Waals surface area contributed by atoms with E-state index in [1.165, 1.54) is 11.3 Å². The predicted octanol–water partition coefficient (Wildman–Crippen LogP) is 5.03.